The first-order chi connectivity index (χ1) is 14.5. The van der Waals surface area contributed by atoms with E-state index in [1.807, 2.05) is 0 Å². The summed E-state index contributed by atoms with van der Waals surface area (Å²) in [5.41, 5.74) is -0.211. The quantitative estimate of drug-likeness (QED) is 0.618. The van der Waals surface area contributed by atoms with E-state index in [0.29, 0.717) is 22.8 Å². The zero-order valence-electron chi connectivity index (χ0n) is 16.3. The number of anilines is 1. The molecule has 0 aliphatic rings. The van der Waals surface area contributed by atoms with Gasteiger partial charge >= 0.3 is 6.18 Å². The number of likely N-dealkylation sites (N-methyl/N-ethyl adjacent to an activating group) is 1. The largest absolute Gasteiger partial charge is 0.417 e. The van der Waals surface area contributed by atoms with E-state index in [9.17, 15) is 22.8 Å². The summed E-state index contributed by atoms with van der Waals surface area (Å²) in [7, 11) is 1.40. The number of amides is 2. The van der Waals surface area contributed by atoms with Crippen molar-refractivity contribution in [1.82, 2.24) is 15.0 Å². The number of aromatic nitrogens is 2. The fraction of sp³-hybridized carbons (Fsp3) is 0.200. The fourth-order valence-corrected chi connectivity index (χ4v) is 2.92. The van der Waals surface area contributed by atoms with E-state index in [-0.39, 0.29) is 12.2 Å². The highest BCUT2D eigenvalue weighted by Crippen LogP contribution is 2.36. The van der Waals surface area contributed by atoms with Crippen LogP contribution in [0.25, 0.3) is 11.5 Å². The minimum atomic E-state index is -4.66. The van der Waals surface area contributed by atoms with E-state index in [4.69, 9.17) is 16.1 Å². The summed E-state index contributed by atoms with van der Waals surface area (Å²) in [6.07, 6.45) is -4.66. The molecule has 162 valence electrons. The normalized spacial score (nSPS) is 11.3. The van der Waals surface area contributed by atoms with Gasteiger partial charge in [-0.05, 0) is 49.4 Å². The maximum atomic E-state index is 12.9. The number of hydrogen-bond acceptors (Lipinski definition) is 5. The van der Waals surface area contributed by atoms with Gasteiger partial charge in [-0.3, -0.25) is 9.59 Å². The van der Waals surface area contributed by atoms with Crippen molar-refractivity contribution in [2.45, 2.75) is 13.1 Å². The number of rotatable bonds is 5. The second kappa shape index (κ2) is 8.76. The number of benzene rings is 2. The van der Waals surface area contributed by atoms with Gasteiger partial charge in [0.15, 0.2) is 5.82 Å². The molecule has 3 aromatic rings. The second-order valence-corrected chi connectivity index (χ2v) is 7.03. The molecule has 1 N–H and O–H groups in total. The van der Waals surface area contributed by atoms with Gasteiger partial charge in [0.25, 0.3) is 11.8 Å². The van der Waals surface area contributed by atoms with Crippen LogP contribution in [0.4, 0.5) is 18.9 Å². The average molecular weight is 453 g/mol. The number of carbonyl (C=O) groups is 2. The molecule has 0 spiro atoms. The molecule has 0 saturated heterocycles. The van der Waals surface area contributed by atoms with Crippen molar-refractivity contribution in [3.05, 3.63) is 64.4 Å². The molecule has 11 heteroatoms. The van der Waals surface area contributed by atoms with Crippen LogP contribution < -0.4 is 5.32 Å². The molecule has 0 aliphatic heterocycles. The zero-order chi connectivity index (χ0) is 22.8. The number of nitrogens with one attached hydrogen (secondary N) is 1. The Morgan fingerprint density at radius 1 is 1.16 bits per heavy atom. The van der Waals surface area contributed by atoms with Crippen molar-refractivity contribution >= 4 is 29.1 Å². The van der Waals surface area contributed by atoms with E-state index in [2.05, 4.69) is 15.5 Å². The molecule has 0 bridgehead atoms. The molecule has 0 fully saturated rings. The number of aryl methyl sites for hydroxylation is 1. The van der Waals surface area contributed by atoms with Crippen molar-refractivity contribution < 1.29 is 27.3 Å². The lowest BCUT2D eigenvalue weighted by molar-refractivity contribution is -0.137. The standard InChI is InChI=1S/C20H16ClF3N4O3/c1-11-25-18(31-27-11)12-3-5-13(6-4-12)19(30)28(2)10-17(29)26-14-7-8-16(21)15(9-14)20(22,23)24/h3-9H,10H2,1-2H3,(H,26,29). The predicted molar refractivity (Wildman–Crippen MR) is 107 cm³/mol. The van der Waals surface area contributed by atoms with Crippen molar-refractivity contribution in [2.24, 2.45) is 0 Å². The number of hydrogen-bond donors (Lipinski definition) is 1. The topological polar surface area (TPSA) is 88.3 Å². The Balaban J connectivity index is 1.64. The lowest BCUT2D eigenvalue weighted by Gasteiger charge is -2.17. The van der Waals surface area contributed by atoms with Crippen LogP contribution in [0.1, 0.15) is 21.7 Å². The summed E-state index contributed by atoms with van der Waals surface area (Å²) in [5.74, 6) is -0.325. The number of nitrogens with zero attached hydrogens (tertiary/aromatic N) is 3. The second-order valence-electron chi connectivity index (χ2n) is 6.63. The van der Waals surface area contributed by atoms with Crippen LogP contribution >= 0.6 is 11.6 Å². The SMILES string of the molecule is Cc1noc(-c2ccc(C(=O)N(C)CC(=O)Nc3ccc(Cl)c(C(F)(F)F)c3)cc2)n1. The van der Waals surface area contributed by atoms with Gasteiger partial charge in [0.2, 0.25) is 5.91 Å². The van der Waals surface area contributed by atoms with Crippen LogP contribution in [0.15, 0.2) is 47.0 Å². The summed E-state index contributed by atoms with van der Waals surface area (Å²) in [5, 5.41) is 5.55. The molecular formula is C20H16ClF3N4O3. The van der Waals surface area contributed by atoms with Crippen LogP contribution in [0.3, 0.4) is 0 Å². The molecule has 7 nitrogen and oxygen atoms in total. The van der Waals surface area contributed by atoms with E-state index >= 15 is 0 Å². The molecule has 0 radical (unpaired) electrons. The fourth-order valence-electron chi connectivity index (χ4n) is 2.70. The Morgan fingerprint density at radius 3 is 2.42 bits per heavy atom. The van der Waals surface area contributed by atoms with Crippen LogP contribution in [0, 0.1) is 6.92 Å². The van der Waals surface area contributed by atoms with Crippen LogP contribution in [-0.4, -0.2) is 40.4 Å². The lowest BCUT2D eigenvalue weighted by Crippen LogP contribution is -2.35. The molecule has 31 heavy (non-hydrogen) atoms. The number of carbonyl (C=O) groups excluding carboxylic acids is 2. The Hall–Kier alpha value is -3.40. The van der Waals surface area contributed by atoms with Gasteiger partial charge in [-0.25, -0.2) is 0 Å². The van der Waals surface area contributed by atoms with Crippen molar-refractivity contribution in [3.63, 3.8) is 0 Å². The third-order valence-corrected chi connectivity index (χ3v) is 4.52. The highest BCUT2D eigenvalue weighted by molar-refractivity contribution is 6.31. The number of alkyl halides is 3. The van der Waals surface area contributed by atoms with Gasteiger partial charge in [0.05, 0.1) is 17.1 Å². The molecule has 0 saturated carbocycles. The molecule has 2 aromatic carbocycles. The molecule has 0 atom stereocenters. The monoisotopic (exact) mass is 452 g/mol. The molecule has 1 heterocycles. The maximum absolute atomic E-state index is 12.9. The van der Waals surface area contributed by atoms with Crippen molar-refractivity contribution in [3.8, 4) is 11.5 Å². The average Bonchev–Trinajstić information content (AvgIpc) is 3.14. The highest BCUT2D eigenvalue weighted by Gasteiger charge is 2.33. The summed E-state index contributed by atoms with van der Waals surface area (Å²) in [4.78, 5) is 30.0. The Labute approximate surface area is 179 Å². The predicted octanol–water partition coefficient (Wildman–Crippen LogP) is 4.43. The smallest absolute Gasteiger partial charge is 0.334 e. The zero-order valence-corrected chi connectivity index (χ0v) is 17.1. The van der Waals surface area contributed by atoms with Gasteiger partial charge in [0.1, 0.15) is 0 Å². The van der Waals surface area contributed by atoms with E-state index < -0.39 is 28.6 Å². The Kier molecular flexibility index (Phi) is 6.30. The van der Waals surface area contributed by atoms with Crippen LogP contribution in [0.5, 0.6) is 0 Å². The minimum absolute atomic E-state index is 0.0817. The first kappa shape index (κ1) is 22.3. The Bertz CT molecular complexity index is 1110. The van der Waals surface area contributed by atoms with Gasteiger partial charge in [-0.15, -0.1) is 0 Å². The highest BCUT2D eigenvalue weighted by atomic mass is 35.5. The van der Waals surface area contributed by atoms with Crippen LogP contribution in [0.2, 0.25) is 5.02 Å². The summed E-state index contributed by atoms with van der Waals surface area (Å²) < 4.78 is 43.9. The first-order valence-electron chi connectivity index (χ1n) is 8.87. The Morgan fingerprint density at radius 2 is 1.84 bits per heavy atom. The third-order valence-electron chi connectivity index (χ3n) is 4.19. The maximum Gasteiger partial charge on any atom is 0.417 e. The van der Waals surface area contributed by atoms with Crippen LogP contribution in [-0.2, 0) is 11.0 Å². The van der Waals surface area contributed by atoms with Gasteiger partial charge in [-0.2, -0.15) is 18.2 Å². The molecule has 2 amide bonds. The molecule has 0 aliphatic carbocycles. The summed E-state index contributed by atoms with van der Waals surface area (Å²) in [6, 6.07) is 9.36. The molecule has 0 unspecified atom stereocenters. The van der Waals surface area contributed by atoms with Gasteiger partial charge < -0.3 is 14.7 Å². The van der Waals surface area contributed by atoms with Crippen molar-refractivity contribution in [2.75, 3.05) is 18.9 Å². The minimum Gasteiger partial charge on any atom is -0.334 e. The van der Waals surface area contributed by atoms with E-state index in [0.717, 1.165) is 17.0 Å². The third kappa shape index (κ3) is 5.40. The van der Waals surface area contributed by atoms with Gasteiger partial charge in [-0.1, -0.05) is 16.8 Å². The number of halogens is 4. The van der Waals surface area contributed by atoms with E-state index in [1.54, 1.807) is 31.2 Å². The molecule has 3 rings (SSSR count). The van der Waals surface area contributed by atoms with Crippen molar-refractivity contribution in [1.29, 1.82) is 0 Å². The first-order valence-corrected chi connectivity index (χ1v) is 9.25. The lowest BCUT2D eigenvalue weighted by atomic mass is 10.1. The summed E-state index contributed by atoms with van der Waals surface area (Å²) in [6.45, 7) is 1.31. The van der Waals surface area contributed by atoms with E-state index in [1.165, 1.54) is 13.1 Å². The molecule has 1 aromatic heterocycles. The summed E-state index contributed by atoms with van der Waals surface area (Å²) >= 11 is 5.56. The van der Waals surface area contributed by atoms with Gasteiger partial charge in [0, 0.05) is 23.9 Å². The molecular weight excluding hydrogens is 437 g/mol.